The number of carbonyl (C=O) groups is 2. The van der Waals surface area contributed by atoms with E-state index in [2.05, 4.69) is 10.6 Å². The van der Waals surface area contributed by atoms with Crippen LogP contribution >= 0.6 is 0 Å². The normalized spacial score (nSPS) is 26.6. The molecule has 1 rings (SSSR count). The molecule has 1 fully saturated rings. The van der Waals surface area contributed by atoms with Gasteiger partial charge in [0, 0.05) is 6.54 Å². The van der Waals surface area contributed by atoms with E-state index in [9.17, 15) is 9.59 Å². The molecular formula is C12H22N2O3. The Balaban J connectivity index is 2.68. The van der Waals surface area contributed by atoms with E-state index in [1.165, 1.54) is 0 Å². The van der Waals surface area contributed by atoms with Crippen LogP contribution in [0.5, 0.6) is 0 Å². The van der Waals surface area contributed by atoms with Crippen molar-refractivity contribution in [3.8, 4) is 0 Å². The van der Waals surface area contributed by atoms with Crippen molar-refractivity contribution < 1.29 is 14.7 Å². The molecule has 0 bridgehead atoms. The smallest absolute Gasteiger partial charge is 0.326 e. The van der Waals surface area contributed by atoms with E-state index in [1.54, 1.807) is 0 Å². The van der Waals surface area contributed by atoms with E-state index >= 15 is 0 Å². The minimum atomic E-state index is -0.982. The Kier molecular flexibility index (Phi) is 4.14. The predicted octanol–water partition coefficient (Wildman–Crippen LogP) is 0.457. The molecular weight excluding hydrogens is 220 g/mol. The highest BCUT2D eigenvalue weighted by molar-refractivity contribution is 5.86. The summed E-state index contributed by atoms with van der Waals surface area (Å²) in [5.41, 5.74) is -0.489. The lowest BCUT2D eigenvalue weighted by Crippen LogP contribution is -2.51. The maximum atomic E-state index is 12.0. The summed E-state index contributed by atoms with van der Waals surface area (Å²) in [4.78, 5) is 23.2. The third-order valence-electron chi connectivity index (χ3n) is 3.25. The summed E-state index contributed by atoms with van der Waals surface area (Å²) in [6, 6.07) is -0.845. The molecule has 0 aromatic carbocycles. The minimum absolute atomic E-state index is 0.126. The van der Waals surface area contributed by atoms with Gasteiger partial charge in [0.2, 0.25) is 5.91 Å². The molecule has 98 valence electrons. The van der Waals surface area contributed by atoms with Crippen molar-refractivity contribution in [1.82, 2.24) is 10.6 Å². The van der Waals surface area contributed by atoms with E-state index in [0.29, 0.717) is 6.54 Å². The van der Waals surface area contributed by atoms with Crippen LogP contribution in [-0.2, 0) is 9.59 Å². The topological polar surface area (TPSA) is 78.4 Å². The third-order valence-corrected chi connectivity index (χ3v) is 3.25. The maximum absolute atomic E-state index is 12.0. The second kappa shape index (κ2) is 5.04. The van der Waals surface area contributed by atoms with E-state index in [4.69, 9.17) is 5.11 Å². The van der Waals surface area contributed by atoms with Gasteiger partial charge in [0.05, 0.1) is 5.92 Å². The van der Waals surface area contributed by atoms with Gasteiger partial charge in [-0.2, -0.15) is 0 Å². The number of carboxylic acid groups (broad SMARTS) is 1. The Morgan fingerprint density at radius 2 is 1.94 bits per heavy atom. The Bertz CT molecular complexity index is 309. The second-order valence-corrected chi connectivity index (χ2v) is 5.89. The largest absolute Gasteiger partial charge is 0.480 e. The van der Waals surface area contributed by atoms with Gasteiger partial charge < -0.3 is 15.7 Å². The monoisotopic (exact) mass is 242 g/mol. The first-order valence-electron chi connectivity index (χ1n) is 5.97. The molecule has 0 aromatic rings. The van der Waals surface area contributed by atoms with Crippen molar-refractivity contribution in [3.05, 3.63) is 0 Å². The molecule has 3 N–H and O–H groups in total. The Hall–Kier alpha value is -1.10. The van der Waals surface area contributed by atoms with E-state index in [0.717, 1.165) is 6.54 Å². The molecule has 1 aliphatic rings. The number of hydrogen-bond donors (Lipinski definition) is 3. The molecule has 1 heterocycles. The van der Waals surface area contributed by atoms with Crippen molar-refractivity contribution in [2.75, 3.05) is 13.1 Å². The highest BCUT2D eigenvalue weighted by Gasteiger charge is 2.36. The molecule has 0 aromatic heterocycles. The van der Waals surface area contributed by atoms with Gasteiger partial charge in [0.1, 0.15) is 6.04 Å². The Labute approximate surface area is 102 Å². The first-order chi connectivity index (χ1) is 7.73. The molecule has 5 nitrogen and oxygen atoms in total. The fourth-order valence-corrected chi connectivity index (χ4v) is 2.06. The van der Waals surface area contributed by atoms with E-state index in [1.807, 2.05) is 27.7 Å². The molecule has 0 radical (unpaired) electrons. The minimum Gasteiger partial charge on any atom is -0.480 e. The van der Waals surface area contributed by atoms with Crippen molar-refractivity contribution in [2.45, 2.75) is 33.7 Å². The highest BCUT2D eigenvalue weighted by Crippen LogP contribution is 2.22. The summed E-state index contributed by atoms with van der Waals surface area (Å²) in [6.07, 6.45) is 0. The van der Waals surface area contributed by atoms with E-state index in [-0.39, 0.29) is 17.7 Å². The summed E-state index contributed by atoms with van der Waals surface area (Å²) in [5, 5.41) is 14.9. The van der Waals surface area contributed by atoms with Gasteiger partial charge in [0.15, 0.2) is 0 Å². The highest BCUT2D eigenvalue weighted by atomic mass is 16.4. The number of carboxylic acids is 1. The maximum Gasteiger partial charge on any atom is 0.326 e. The third kappa shape index (κ3) is 3.43. The zero-order valence-electron chi connectivity index (χ0n) is 10.9. The molecule has 17 heavy (non-hydrogen) atoms. The average Bonchev–Trinajstić information content (AvgIpc) is 2.58. The van der Waals surface area contributed by atoms with Crippen LogP contribution in [0.2, 0.25) is 0 Å². The van der Waals surface area contributed by atoms with Crippen LogP contribution in [0.4, 0.5) is 0 Å². The van der Waals surface area contributed by atoms with Crippen LogP contribution in [0, 0.1) is 17.3 Å². The van der Waals surface area contributed by atoms with Gasteiger partial charge in [-0.05, 0) is 17.9 Å². The van der Waals surface area contributed by atoms with Crippen LogP contribution in [0.25, 0.3) is 0 Å². The first kappa shape index (κ1) is 14.0. The molecule has 0 spiro atoms. The Morgan fingerprint density at radius 1 is 1.35 bits per heavy atom. The lowest BCUT2D eigenvalue weighted by molar-refractivity contribution is -0.145. The van der Waals surface area contributed by atoms with Crippen molar-refractivity contribution in [1.29, 1.82) is 0 Å². The van der Waals surface area contributed by atoms with Crippen LogP contribution in [-0.4, -0.2) is 36.1 Å². The molecule has 0 saturated carbocycles. The van der Waals surface area contributed by atoms with Gasteiger partial charge >= 0.3 is 5.97 Å². The van der Waals surface area contributed by atoms with Crippen molar-refractivity contribution in [2.24, 2.45) is 17.3 Å². The van der Waals surface area contributed by atoms with Crippen LogP contribution in [0.3, 0.4) is 0 Å². The number of hydrogen-bond acceptors (Lipinski definition) is 3. The van der Waals surface area contributed by atoms with Gasteiger partial charge in [-0.25, -0.2) is 4.79 Å². The van der Waals surface area contributed by atoms with Gasteiger partial charge in [-0.3, -0.25) is 4.79 Å². The Morgan fingerprint density at radius 3 is 2.29 bits per heavy atom. The van der Waals surface area contributed by atoms with Crippen molar-refractivity contribution >= 4 is 11.9 Å². The summed E-state index contributed by atoms with van der Waals surface area (Å²) < 4.78 is 0. The molecule has 3 atom stereocenters. The fraction of sp³-hybridized carbons (Fsp3) is 0.833. The van der Waals surface area contributed by atoms with Crippen LogP contribution in [0.1, 0.15) is 27.7 Å². The first-order valence-corrected chi connectivity index (χ1v) is 5.97. The number of carbonyl (C=O) groups excluding carboxylic acids is 1. The summed E-state index contributed by atoms with van der Waals surface area (Å²) >= 11 is 0. The predicted molar refractivity (Wildman–Crippen MR) is 64.5 cm³/mol. The van der Waals surface area contributed by atoms with Gasteiger partial charge in [-0.15, -0.1) is 0 Å². The number of amides is 1. The molecule has 1 aliphatic heterocycles. The zero-order valence-corrected chi connectivity index (χ0v) is 10.9. The SMILES string of the molecule is C[C@@H]1CNC[C@H]1C(=O)N[C@H](C(=O)O)C(C)(C)C. The zero-order chi connectivity index (χ0) is 13.2. The average molecular weight is 242 g/mol. The number of nitrogens with one attached hydrogen (secondary N) is 2. The van der Waals surface area contributed by atoms with Gasteiger partial charge in [0.25, 0.3) is 0 Å². The van der Waals surface area contributed by atoms with Crippen molar-refractivity contribution in [3.63, 3.8) is 0 Å². The lowest BCUT2D eigenvalue weighted by Gasteiger charge is -2.29. The summed E-state index contributed by atoms with van der Waals surface area (Å²) in [6.45, 7) is 8.86. The number of aliphatic carboxylic acids is 1. The number of rotatable bonds is 3. The lowest BCUT2D eigenvalue weighted by atomic mass is 9.86. The quantitative estimate of drug-likeness (QED) is 0.671. The molecule has 0 unspecified atom stereocenters. The molecule has 1 saturated heterocycles. The molecule has 0 aliphatic carbocycles. The van der Waals surface area contributed by atoms with E-state index < -0.39 is 17.4 Å². The van der Waals surface area contributed by atoms with Crippen LogP contribution < -0.4 is 10.6 Å². The summed E-state index contributed by atoms with van der Waals surface area (Å²) in [7, 11) is 0. The van der Waals surface area contributed by atoms with Gasteiger partial charge in [-0.1, -0.05) is 27.7 Å². The molecule has 1 amide bonds. The second-order valence-electron chi connectivity index (χ2n) is 5.89. The fourth-order valence-electron chi connectivity index (χ4n) is 2.06. The van der Waals surface area contributed by atoms with Crippen LogP contribution in [0.15, 0.2) is 0 Å². The molecule has 5 heteroatoms. The standard InChI is InChI=1S/C12H22N2O3/c1-7-5-13-6-8(7)10(15)14-9(11(16)17)12(2,3)4/h7-9,13H,5-6H2,1-4H3,(H,14,15)(H,16,17)/t7-,8-,9-/m1/s1. The summed E-state index contributed by atoms with van der Waals surface area (Å²) in [5.74, 6) is -1.02.